The Hall–Kier alpha value is -3.62. The third-order valence-corrected chi connectivity index (χ3v) is 8.49. The molecule has 6 nitrogen and oxygen atoms in total. The SMILES string of the molecule is CC[C@H](C)NC(=O)CN1C(=O)CS[C@@H](c2ccc(F)cc2)c2c(-c3ccc(Cl)cc3)nn(-c3ccc(C)cc3)c21. The Kier molecular flexibility index (Phi) is 8.28. The van der Waals surface area contributed by atoms with Crippen molar-refractivity contribution in [2.24, 2.45) is 0 Å². The number of anilines is 1. The van der Waals surface area contributed by atoms with Crippen molar-refractivity contribution in [2.75, 3.05) is 17.2 Å². The summed E-state index contributed by atoms with van der Waals surface area (Å²) in [6.45, 7) is 5.78. The number of carbonyl (C=O) groups is 2. The van der Waals surface area contributed by atoms with Crippen LogP contribution in [0.25, 0.3) is 16.9 Å². The molecule has 206 valence electrons. The zero-order valence-electron chi connectivity index (χ0n) is 22.5. The second-order valence-corrected chi connectivity index (χ2v) is 11.5. The average Bonchev–Trinajstić information content (AvgIpc) is 3.26. The van der Waals surface area contributed by atoms with E-state index in [1.165, 1.54) is 28.8 Å². The third-order valence-electron chi connectivity index (χ3n) is 6.98. The lowest BCUT2D eigenvalue weighted by atomic mass is 9.99. The summed E-state index contributed by atoms with van der Waals surface area (Å²) in [7, 11) is 0. The minimum atomic E-state index is -0.341. The van der Waals surface area contributed by atoms with Crippen LogP contribution in [0.15, 0.2) is 72.8 Å². The topological polar surface area (TPSA) is 67.2 Å². The zero-order chi connectivity index (χ0) is 28.4. The maximum atomic E-state index is 13.9. The number of aromatic nitrogens is 2. The number of hydrogen-bond donors (Lipinski definition) is 1. The minimum absolute atomic E-state index is 0.0259. The normalized spacial score (nSPS) is 15.9. The molecule has 5 rings (SSSR count). The highest BCUT2D eigenvalue weighted by molar-refractivity contribution is 8.00. The van der Waals surface area contributed by atoms with Crippen molar-refractivity contribution in [3.8, 4) is 16.9 Å². The Labute approximate surface area is 242 Å². The van der Waals surface area contributed by atoms with E-state index in [0.717, 1.165) is 34.4 Å². The highest BCUT2D eigenvalue weighted by Crippen LogP contribution is 2.48. The van der Waals surface area contributed by atoms with E-state index in [0.29, 0.717) is 16.5 Å². The smallest absolute Gasteiger partial charge is 0.240 e. The van der Waals surface area contributed by atoms with Gasteiger partial charge in [0, 0.05) is 22.2 Å². The molecule has 0 radical (unpaired) electrons. The summed E-state index contributed by atoms with van der Waals surface area (Å²) < 4.78 is 15.7. The van der Waals surface area contributed by atoms with E-state index < -0.39 is 0 Å². The summed E-state index contributed by atoms with van der Waals surface area (Å²) in [5.74, 6) is -0.122. The van der Waals surface area contributed by atoms with Crippen molar-refractivity contribution in [2.45, 2.75) is 38.5 Å². The molecule has 2 atom stereocenters. The number of amides is 2. The van der Waals surface area contributed by atoms with Gasteiger partial charge in [-0.25, -0.2) is 9.07 Å². The molecule has 0 fully saturated rings. The second-order valence-electron chi connectivity index (χ2n) is 9.94. The number of thioether (sulfide) groups is 1. The van der Waals surface area contributed by atoms with Gasteiger partial charge in [-0.05, 0) is 62.2 Å². The van der Waals surface area contributed by atoms with Gasteiger partial charge >= 0.3 is 0 Å². The fourth-order valence-corrected chi connectivity index (χ4v) is 6.00. The molecular formula is C31H30ClFN4O2S. The molecule has 0 saturated carbocycles. The molecule has 1 aromatic heterocycles. The first kappa shape index (κ1) is 27.9. The molecule has 0 aliphatic carbocycles. The van der Waals surface area contributed by atoms with Crippen molar-refractivity contribution in [1.82, 2.24) is 15.1 Å². The zero-order valence-corrected chi connectivity index (χ0v) is 24.1. The number of halogens is 2. The largest absolute Gasteiger partial charge is 0.352 e. The number of benzene rings is 3. The lowest BCUT2D eigenvalue weighted by Crippen LogP contribution is -2.44. The molecule has 0 spiro atoms. The van der Waals surface area contributed by atoms with Crippen LogP contribution in [0, 0.1) is 12.7 Å². The van der Waals surface area contributed by atoms with Gasteiger partial charge in [0.15, 0.2) is 0 Å². The quantitative estimate of drug-likeness (QED) is 0.265. The van der Waals surface area contributed by atoms with Crippen molar-refractivity contribution < 1.29 is 14.0 Å². The van der Waals surface area contributed by atoms with E-state index in [1.54, 1.807) is 28.9 Å². The van der Waals surface area contributed by atoms with Crippen LogP contribution >= 0.6 is 23.4 Å². The van der Waals surface area contributed by atoms with Crippen LogP contribution < -0.4 is 10.2 Å². The summed E-state index contributed by atoms with van der Waals surface area (Å²) in [4.78, 5) is 28.4. The number of carbonyl (C=O) groups excluding carboxylic acids is 2. The van der Waals surface area contributed by atoms with Crippen molar-refractivity contribution in [3.05, 3.63) is 100 Å². The van der Waals surface area contributed by atoms with E-state index in [-0.39, 0.29) is 41.2 Å². The fraction of sp³-hybridized carbons (Fsp3) is 0.258. The molecule has 1 aliphatic rings. The van der Waals surface area contributed by atoms with Crippen LogP contribution in [0.2, 0.25) is 5.02 Å². The Morgan fingerprint density at radius 3 is 2.42 bits per heavy atom. The summed E-state index contributed by atoms with van der Waals surface area (Å²) in [6.07, 6.45) is 0.773. The average molecular weight is 577 g/mol. The number of nitrogens with one attached hydrogen (secondary N) is 1. The molecule has 1 N–H and O–H groups in total. The number of fused-ring (bicyclic) bond motifs is 1. The number of hydrogen-bond acceptors (Lipinski definition) is 4. The first-order valence-corrected chi connectivity index (χ1v) is 14.6. The maximum Gasteiger partial charge on any atom is 0.240 e. The van der Waals surface area contributed by atoms with Gasteiger partial charge in [0.1, 0.15) is 18.2 Å². The molecule has 3 aromatic carbocycles. The summed E-state index contributed by atoms with van der Waals surface area (Å²) >= 11 is 7.66. The molecule has 0 bridgehead atoms. The Balaban J connectivity index is 1.77. The second kappa shape index (κ2) is 11.9. The Morgan fingerprint density at radius 2 is 1.77 bits per heavy atom. The van der Waals surface area contributed by atoms with Crippen LogP contribution in [0.5, 0.6) is 0 Å². The van der Waals surface area contributed by atoms with E-state index >= 15 is 0 Å². The summed E-state index contributed by atoms with van der Waals surface area (Å²) in [5.41, 5.74) is 4.94. The molecule has 2 heterocycles. The lowest BCUT2D eigenvalue weighted by molar-refractivity contribution is -0.123. The van der Waals surface area contributed by atoms with Gasteiger partial charge in [-0.3, -0.25) is 14.5 Å². The maximum absolute atomic E-state index is 13.9. The van der Waals surface area contributed by atoms with Gasteiger partial charge in [-0.1, -0.05) is 60.5 Å². The van der Waals surface area contributed by atoms with Crippen molar-refractivity contribution >= 4 is 41.0 Å². The lowest BCUT2D eigenvalue weighted by Gasteiger charge is -2.24. The van der Waals surface area contributed by atoms with E-state index in [4.69, 9.17) is 16.7 Å². The Bertz CT molecular complexity index is 1520. The molecule has 0 saturated heterocycles. The van der Waals surface area contributed by atoms with Crippen LogP contribution in [-0.4, -0.2) is 39.9 Å². The molecule has 9 heteroatoms. The first-order chi connectivity index (χ1) is 19.2. The number of aryl methyl sites for hydroxylation is 1. The minimum Gasteiger partial charge on any atom is -0.352 e. The van der Waals surface area contributed by atoms with Crippen LogP contribution in [0.1, 0.15) is 42.2 Å². The van der Waals surface area contributed by atoms with Gasteiger partial charge < -0.3 is 5.32 Å². The van der Waals surface area contributed by atoms with E-state index in [2.05, 4.69) is 5.32 Å². The van der Waals surface area contributed by atoms with Gasteiger partial charge in [-0.2, -0.15) is 5.10 Å². The van der Waals surface area contributed by atoms with Crippen LogP contribution in [0.3, 0.4) is 0 Å². The van der Waals surface area contributed by atoms with Crippen molar-refractivity contribution in [1.29, 1.82) is 0 Å². The summed E-state index contributed by atoms with van der Waals surface area (Å²) in [6, 6.07) is 21.5. The van der Waals surface area contributed by atoms with Gasteiger partial charge in [0.2, 0.25) is 11.8 Å². The van der Waals surface area contributed by atoms with Crippen LogP contribution in [-0.2, 0) is 9.59 Å². The van der Waals surface area contributed by atoms with Crippen molar-refractivity contribution in [3.63, 3.8) is 0 Å². The fourth-order valence-electron chi connectivity index (χ4n) is 4.67. The summed E-state index contributed by atoms with van der Waals surface area (Å²) in [5, 5.41) is 8.29. The van der Waals surface area contributed by atoms with Gasteiger partial charge in [-0.15, -0.1) is 11.8 Å². The predicted octanol–water partition coefficient (Wildman–Crippen LogP) is 6.72. The van der Waals surface area contributed by atoms with Gasteiger partial charge in [0.25, 0.3) is 0 Å². The molecule has 4 aromatic rings. The molecule has 2 amide bonds. The first-order valence-electron chi connectivity index (χ1n) is 13.2. The Morgan fingerprint density at radius 1 is 1.10 bits per heavy atom. The van der Waals surface area contributed by atoms with E-state index in [1.807, 2.05) is 57.2 Å². The third kappa shape index (κ3) is 5.78. The molecule has 40 heavy (non-hydrogen) atoms. The van der Waals surface area contributed by atoms with E-state index in [9.17, 15) is 14.0 Å². The molecular weight excluding hydrogens is 547 g/mol. The van der Waals surface area contributed by atoms with Crippen LogP contribution in [0.4, 0.5) is 10.2 Å². The standard InChI is InChI=1S/C31H30ClFN4O2S/c1-4-20(3)34-26(38)17-36-27(39)18-40-30(22-9-13-24(33)14-10-22)28-29(21-7-11-23(32)12-8-21)35-37(31(28)36)25-15-5-19(2)6-16-25/h5-16,20,30H,4,17-18H2,1-3H3,(H,34,38)/t20-,30-/m0/s1. The highest BCUT2D eigenvalue weighted by Gasteiger charge is 2.37. The van der Waals surface area contributed by atoms with Gasteiger partial charge in [0.05, 0.1) is 22.4 Å². The molecule has 0 unspecified atom stereocenters. The monoisotopic (exact) mass is 576 g/mol. The molecule has 1 aliphatic heterocycles. The number of rotatable bonds is 7. The number of nitrogens with zero attached hydrogens (tertiary/aromatic N) is 3. The predicted molar refractivity (Wildman–Crippen MR) is 160 cm³/mol. The highest BCUT2D eigenvalue weighted by atomic mass is 35.5.